The summed E-state index contributed by atoms with van der Waals surface area (Å²) in [6.07, 6.45) is 8.34. The highest BCUT2D eigenvalue weighted by atomic mass is 16.5. The summed E-state index contributed by atoms with van der Waals surface area (Å²) in [5, 5.41) is 3.16. The van der Waals surface area contributed by atoms with E-state index < -0.39 is 5.41 Å². The zero-order chi connectivity index (χ0) is 20.7. The van der Waals surface area contributed by atoms with Gasteiger partial charge in [-0.2, -0.15) is 0 Å². The van der Waals surface area contributed by atoms with E-state index in [1.165, 1.54) is 5.56 Å². The van der Waals surface area contributed by atoms with Crippen LogP contribution in [-0.2, 0) is 22.4 Å². The van der Waals surface area contributed by atoms with Gasteiger partial charge in [0.05, 0.1) is 5.41 Å². The van der Waals surface area contributed by atoms with E-state index in [2.05, 4.69) is 39.6 Å². The van der Waals surface area contributed by atoms with Crippen LogP contribution in [0.1, 0.15) is 24.1 Å². The van der Waals surface area contributed by atoms with Crippen molar-refractivity contribution in [2.24, 2.45) is 5.41 Å². The molecule has 0 radical (unpaired) electrons. The molecule has 0 saturated carbocycles. The lowest BCUT2D eigenvalue weighted by molar-refractivity contribution is -0.136. The van der Waals surface area contributed by atoms with E-state index >= 15 is 0 Å². The van der Waals surface area contributed by atoms with Crippen molar-refractivity contribution in [3.8, 4) is 11.1 Å². The third kappa shape index (κ3) is 4.92. The van der Waals surface area contributed by atoms with Crippen molar-refractivity contribution < 1.29 is 9.53 Å². The Bertz CT molecular complexity index is 937. The number of nitrogens with zero attached hydrogens (tertiary/aromatic N) is 2. The second-order valence-corrected chi connectivity index (χ2v) is 7.83. The summed E-state index contributed by atoms with van der Waals surface area (Å²) >= 11 is 0. The minimum absolute atomic E-state index is 0.125. The lowest BCUT2D eigenvalue weighted by Crippen LogP contribution is -2.46. The van der Waals surface area contributed by atoms with Gasteiger partial charge in [-0.1, -0.05) is 30.3 Å². The first-order valence-electron chi connectivity index (χ1n) is 10.5. The average Bonchev–Trinajstić information content (AvgIpc) is 2.81. The molecule has 1 amide bonds. The molecule has 2 aromatic heterocycles. The molecule has 0 unspecified atom stereocenters. The second kappa shape index (κ2) is 9.63. The highest BCUT2D eigenvalue weighted by Crippen LogP contribution is 2.35. The molecule has 0 aliphatic carbocycles. The van der Waals surface area contributed by atoms with Crippen LogP contribution in [0.5, 0.6) is 0 Å². The van der Waals surface area contributed by atoms with Gasteiger partial charge in [-0.25, -0.2) is 0 Å². The van der Waals surface area contributed by atoms with Gasteiger partial charge in [0.1, 0.15) is 0 Å². The molecule has 1 aromatic carbocycles. The molecule has 1 N–H and O–H groups in total. The maximum Gasteiger partial charge on any atom is 0.226 e. The van der Waals surface area contributed by atoms with Crippen molar-refractivity contribution in [1.82, 2.24) is 15.3 Å². The molecule has 4 rings (SSSR count). The Labute approximate surface area is 177 Å². The van der Waals surface area contributed by atoms with Crippen LogP contribution in [0.2, 0.25) is 0 Å². The quantitative estimate of drug-likeness (QED) is 0.653. The van der Waals surface area contributed by atoms with Gasteiger partial charge in [0.15, 0.2) is 0 Å². The van der Waals surface area contributed by atoms with Gasteiger partial charge >= 0.3 is 0 Å². The maximum atomic E-state index is 13.2. The van der Waals surface area contributed by atoms with Crippen molar-refractivity contribution in [3.63, 3.8) is 0 Å². The van der Waals surface area contributed by atoms with Crippen molar-refractivity contribution >= 4 is 5.91 Å². The number of amides is 1. The minimum Gasteiger partial charge on any atom is -0.381 e. The number of hydrogen-bond donors (Lipinski definition) is 1. The smallest absolute Gasteiger partial charge is 0.226 e. The van der Waals surface area contributed by atoms with E-state index in [1.807, 2.05) is 30.3 Å². The monoisotopic (exact) mass is 401 g/mol. The fraction of sp³-hybridized carbons (Fsp3) is 0.320. The Hall–Kier alpha value is -3.05. The van der Waals surface area contributed by atoms with E-state index in [1.54, 1.807) is 18.6 Å². The molecule has 0 bridgehead atoms. The third-order valence-electron chi connectivity index (χ3n) is 5.83. The lowest BCUT2D eigenvalue weighted by atomic mass is 9.74. The van der Waals surface area contributed by atoms with Gasteiger partial charge in [-0.15, -0.1) is 0 Å². The number of ether oxygens (including phenoxy) is 1. The standard InChI is InChI=1S/C25H27N3O2/c29-24(28-16-10-23-3-1-2-13-27-23)25(11-17-30-18-12-25)19-20-4-6-21(7-5-20)22-8-14-26-15-9-22/h1-9,13-15H,10-12,16-19H2,(H,28,29). The molecule has 0 atom stereocenters. The Morgan fingerprint density at radius 2 is 1.67 bits per heavy atom. The normalized spacial score (nSPS) is 15.5. The number of rotatable bonds is 7. The summed E-state index contributed by atoms with van der Waals surface area (Å²) < 4.78 is 5.57. The first-order valence-corrected chi connectivity index (χ1v) is 10.5. The van der Waals surface area contributed by atoms with Crippen LogP contribution in [0, 0.1) is 5.41 Å². The predicted molar refractivity (Wildman–Crippen MR) is 117 cm³/mol. The van der Waals surface area contributed by atoms with E-state index in [-0.39, 0.29) is 5.91 Å². The highest BCUT2D eigenvalue weighted by molar-refractivity contribution is 5.83. The topological polar surface area (TPSA) is 64.1 Å². The molecular formula is C25H27N3O2. The Morgan fingerprint density at radius 1 is 0.933 bits per heavy atom. The van der Waals surface area contributed by atoms with Crippen LogP contribution < -0.4 is 5.32 Å². The Balaban J connectivity index is 1.43. The van der Waals surface area contributed by atoms with E-state index in [0.29, 0.717) is 19.8 Å². The lowest BCUT2D eigenvalue weighted by Gasteiger charge is -2.36. The Kier molecular flexibility index (Phi) is 6.50. The summed E-state index contributed by atoms with van der Waals surface area (Å²) in [5.41, 5.74) is 4.05. The summed E-state index contributed by atoms with van der Waals surface area (Å²) in [4.78, 5) is 21.6. The van der Waals surface area contributed by atoms with Crippen LogP contribution in [0.3, 0.4) is 0 Å². The molecule has 5 heteroatoms. The second-order valence-electron chi connectivity index (χ2n) is 7.83. The van der Waals surface area contributed by atoms with Gasteiger partial charge in [0.25, 0.3) is 0 Å². The molecule has 0 spiro atoms. The minimum atomic E-state index is -0.416. The van der Waals surface area contributed by atoms with Gasteiger partial charge < -0.3 is 10.1 Å². The average molecular weight is 402 g/mol. The fourth-order valence-electron chi connectivity index (χ4n) is 4.03. The van der Waals surface area contributed by atoms with E-state index in [0.717, 1.165) is 42.5 Å². The van der Waals surface area contributed by atoms with Crippen molar-refractivity contribution in [2.45, 2.75) is 25.7 Å². The third-order valence-corrected chi connectivity index (χ3v) is 5.83. The number of benzene rings is 1. The molecule has 1 fully saturated rings. The summed E-state index contributed by atoms with van der Waals surface area (Å²) in [5.74, 6) is 0.125. The van der Waals surface area contributed by atoms with Crippen LogP contribution >= 0.6 is 0 Å². The van der Waals surface area contributed by atoms with Crippen LogP contribution in [0.4, 0.5) is 0 Å². The first kappa shape index (κ1) is 20.2. The molecule has 3 heterocycles. The molecule has 5 nitrogen and oxygen atoms in total. The summed E-state index contributed by atoms with van der Waals surface area (Å²) in [6, 6.07) is 18.4. The molecule has 1 aliphatic heterocycles. The maximum absolute atomic E-state index is 13.2. The fourth-order valence-corrected chi connectivity index (χ4v) is 4.03. The summed E-state index contributed by atoms with van der Waals surface area (Å²) in [6.45, 7) is 1.85. The SMILES string of the molecule is O=C(NCCc1ccccn1)C1(Cc2ccc(-c3ccncc3)cc2)CCOCC1. The molecule has 1 saturated heterocycles. The number of carbonyl (C=O) groups excluding carboxylic acids is 1. The van der Waals surface area contributed by atoms with Crippen molar-refractivity contribution in [3.05, 3.63) is 84.4 Å². The van der Waals surface area contributed by atoms with E-state index in [4.69, 9.17) is 4.74 Å². The Morgan fingerprint density at radius 3 is 2.37 bits per heavy atom. The van der Waals surface area contributed by atoms with Crippen LogP contribution in [-0.4, -0.2) is 35.6 Å². The first-order chi connectivity index (χ1) is 14.8. The molecule has 3 aromatic rings. The number of aromatic nitrogens is 2. The largest absolute Gasteiger partial charge is 0.381 e. The number of carbonyl (C=O) groups is 1. The molecule has 30 heavy (non-hydrogen) atoms. The molecular weight excluding hydrogens is 374 g/mol. The van der Waals surface area contributed by atoms with E-state index in [9.17, 15) is 4.79 Å². The van der Waals surface area contributed by atoms with Crippen LogP contribution in [0.15, 0.2) is 73.2 Å². The molecule has 1 aliphatic rings. The van der Waals surface area contributed by atoms with Gasteiger partial charge in [-0.3, -0.25) is 14.8 Å². The van der Waals surface area contributed by atoms with Crippen molar-refractivity contribution in [1.29, 1.82) is 0 Å². The van der Waals surface area contributed by atoms with Gasteiger partial charge in [-0.05, 0) is 60.2 Å². The van der Waals surface area contributed by atoms with Crippen LogP contribution in [0.25, 0.3) is 11.1 Å². The molecule has 154 valence electrons. The zero-order valence-corrected chi connectivity index (χ0v) is 17.1. The van der Waals surface area contributed by atoms with Crippen molar-refractivity contribution in [2.75, 3.05) is 19.8 Å². The number of nitrogens with one attached hydrogen (secondary N) is 1. The van der Waals surface area contributed by atoms with Gasteiger partial charge in [0.2, 0.25) is 5.91 Å². The predicted octanol–water partition coefficient (Wildman–Crippen LogP) is 3.84. The van der Waals surface area contributed by atoms with Gasteiger partial charge in [0, 0.05) is 50.5 Å². The summed E-state index contributed by atoms with van der Waals surface area (Å²) in [7, 11) is 0. The highest BCUT2D eigenvalue weighted by Gasteiger charge is 2.39. The number of hydrogen-bond acceptors (Lipinski definition) is 4. The number of pyridine rings is 2. The zero-order valence-electron chi connectivity index (χ0n) is 17.1.